The highest BCUT2D eigenvalue weighted by Crippen LogP contribution is 2.42. The van der Waals surface area contributed by atoms with Gasteiger partial charge in [-0.3, -0.25) is 9.59 Å². The molecular formula is C30H29ClN2O2S. The predicted molar refractivity (Wildman–Crippen MR) is 148 cm³/mol. The van der Waals surface area contributed by atoms with Crippen LogP contribution in [0.3, 0.4) is 0 Å². The van der Waals surface area contributed by atoms with Crippen LogP contribution in [0.4, 0.5) is 5.69 Å². The second-order valence-electron chi connectivity index (χ2n) is 9.56. The van der Waals surface area contributed by atoms with Crippen molar-refractivity contribution >= 4 is 46.9 Å². The van der Waals surface area contributed by atoms with E-state index in [2.05, 4.69) is 12.2 Å². The Hall–Kier alpha value is -3.02. The number of rotatable bonds is 5. The molecule has 6 heteroatoms. The number of carbonyl (C=O) groups excluding carboxylic acids is 2. The lowest BCUT2D eigenvalue weighted by molar-refractivity contribution is -0.114. The maximum absolute atomic E-state index is 13.5. The van der Waals surface area contributed by atoms with Gasteiger partial charge in [-0.15, -0.1) is 0 Å². The fourth-order valence-corrected chi connectivity index (χ4v) is 6.17. The molecule has 0 saturated heterocycles. The van der Waals surface area contributed by atoms with E-state index < -0.39 is 0 Å². The third-order valence-corrected chi connectivity index (χ3v) is 8.27. The van der Waals surface area contributed by atoms with E-state index in [4.69, 9.17) is 11.6 Å². The van der Waals surface area contributed by atoms with E-state index in [1.807, 2.05) is 78.9 Å². The topological polar surface area (TPSA) is 49.4 Å². The lowest BCUT2D eigenvalue weighted by Gasteiger charge is -2.30. The van der Waals surface area contributed by atoms with Crippen molar-refractivity contribution in [3.63, 3.8) is 0 Å². The number of amides is 2. The molecule has 1 fully saturated rings. The van der Waals surface area contributed by atoms with Crippen LogP contribution >= 0.6 is 23.4 Å². The van der Waals surface area contributed by atoms with Crippen LogP contribution in [0.2, 0.25) is 5.02 Å². The molecule has 5 rings (SSSR count). The zero-order valence-corrected chi connectivity index (χ0v) is 21.8. The molecule has 2 atom stereocenters. The number of nitrogens with one attached hydrogen (secondary N) is 1. The van der Waals surface area contributed by atoms with Crippen molar-refractivity contribution in [2.75, 3.05) is 4.90 Å². The number of hydrogen-bond acceptors (Lipinski definition) is 3. The van der Waals surface area contributed by atoms with Crippen LogP contribution in [0.15, 0.2) is 82.6 Å². The Kier molecular flexibility index (Phi) is 7.49. The number of anilines is 1. The molecule has 184 valence electrons. The molecule has 0 radical (unpaired) electrons. The van der Waals surface area contributed by atoms with Crippen molar-refractivity contribution in [1.82, 2.24) is 5.32 Å². The van der Waals surface area contributed by atoms with Crippen molar-refractivity contribution in [2.45, 2.75) is 50.1 Å². The SMILES string of the molecule is C[C@@H]1CCCC[C@@H]1NC(=O)c1ccc(/C=C2/Sc3ccccc3N(Cc3cccc(Cl)c3)C2=O)cc1. The first-order valence-electron chi connectivity index (χ1n) is 12.4. The zero-order valence-electron chi connectivity index (χ0n) is 20.2. The molecule has 4 nitrogen and oxygen atoms in total. The van der Waals surface area contributed by atoms with Gasteiger partial charge < -0.3 is 10.2 Å². The fourth-order valence-electron chi connectivity index (χ4n) is 4.90. The van der Waals surface area contributed by atoms with Crippen LogP contribution in [0, 0.1) is 5.92 Å². The number of carbonyl (C=O) groups is 2. The fraction of sp³-hybridized carbons (Fsp3) is 0.267. The quantitative estimate of drug-likeness (QED) is 0.361. The van der Waals surface area contributed by atoms with Gasteiger partial charge in [0.05, 0.1) is 17.1 Å². The van der Waals surface area contributed by atoms with Crippen LogP contribution in [0.1, 0.15) is 54.1 Å². The number of nitrogens with zero attached hydrogens (tertiary/aromatic N) is 1. The summed E-state index contributed by atoms with van der Waals surface area (Å²) in [4.78, 5) is 29.8. The molecule has 3 aromatic rings. The van der Waals surface area contributed by atoms with Gasteiger partial charge >= 0.3 is 0 Å². The third-order valence-electron chi connectivity index (χ3n) is 6.96. The smallest absolute Gasteiger partial charge is 0.265 e. The van der Waals surface area contributed by atoms with Crippen LogP contribution in [-0.4, -0.2) is 17.9 Å². The summed E-state index contributed by atoms with van der Waals surface area (Å²) in [6, 6.07) is 23.3. The average molecular weight is 517 g/mol. The monoisotopic (exact) mass is 516 g/mol. The first-order chi connectivity index (χ1) is 17.5. The van der Waals surface area contributed by atoms with E-state index in [0.29, 0.717) is 28.0 Å². The summed E-state index contributed by atoms with van der Waals surface area (Å²) in [6.45, 7) is 2.65. The van der Waals surface area contributed by atoms with E-state index >= 15 is 0 Å². The summed E-state index contributed by atoms with van der Waals surface area (Å²) in [5, 5.41) is 3.86. The summed E-state index contributed by atoms with van der Waals surface area (Å²) < 4.78 is 0. The van der Waals surface area contributed by atoms with Crippen molar-refractivity contribution in [3.05, 3.63) is 99.4 Å². The minimum absolute atomic E-state index is 0.0299. The Morgan fingerprint density at radius 1 is 1.06 bits per heavy atom. The molecule has 1 aliphatic carbocycles. The van der Waals surface area contributed by atoms with Gasteiger partial charge in [-0.25, -0.2) is 0 Å². The Balaban J connectivity index is 1.35. The summed E-state index contributed by atoms with van der Waals surface area (Å²) in [6.07, 6.45) is 6.53. The molecule has 2 aliphatic rings. The van der Waals surface area contributed by atoms with E-state index in [1.165, 1.54) is 31.0 Å². The maximum atomic E-state index is 13.5. The van der Waals surface area contributed by atoms with Crippen molar-refractivity contribution in [1.29, 1.82) is 0 Å². The largest absolute Gasteiger partial charge is 0.349 e. The van der Waals surface area contributed by atoms with Crippen molar-refractivity contribution in [3.8, 4) is 0 Å². The predicted octanol–water partition coefficient (Wildman–Crippen LogP) is 7.33. The highest BCUT2D eigenvalue weighted by molar-refractivity contribution is 8.04. The number of fused-ring (bicyclic) bond motifs is 1. The Bertz CT molecular complexity index is 1300. The molecule has 0 spiro atoms. The van der Waals surface area contributed by atoms with Gasteiger partial charge in [-0.1, -0.05) is 79.5 Å². The number of hydrogen-bond donors (Lipinski definition) is 1. The first-order valence-corrected chi connectivity index (χ1v) is 13.6. The summed E-state index contributed by atoms with van der Waals surface area (Å²) >= 11 is 7.66. The second kappa shape index (κ2) is 10.9. The molecule has 1 aliphatic heterocycles. The Morgan fingerprint density at radius 3 is 2.61 bits per heavy atom. The normalized spacial score (nSPS) is 20.8. The van der Waals surface area contributed by atoms with Crippen LogP contribution in [-0.2, 0) is 11.3 Å². The number of halogens is 1. The van der Waals surface area contributed by atoms with Crippen LogP contribution in [0.25, 0.3) is 6.08 Å². The van der Waals surface area contributed by atoms with Gasteiger partial charge in [0.1, 0.15) is 0 Å². The van der Waals surface area contributed by atoms with Gasteiger partial charge in [0.2, 0.25) is 0 Å². The number of thioether (sulfide) groups is 1. The molecule has 0 aromatic heterocycles. The molecule has 0 unspecified atom stereocenters. The lowest BCUT2D eigenvalue weighted by Crippen LogP contribution is -2.41. The molecule has 3 aromatic carbocycles. The van der Waals surface area contributed by atoms with E-state index in [0.717, 1.165) is 28.1 Å². The van der Waals surface area contributed by atoms with Crippen LogP contribution < -0.4 is 10.2 Å². The zero-order chi connectivity index (χ0) is 25.1. The summed E-state index contributed by atoms with van der Waals surface area (Å²) in [5.41, 5.74) is 3.40. The molecule has 36 heavy (non-hydrogen) atoms. The van der Waals surface area contributed by atoms with Gasteiger partial charge in [0.15, 0.2) is 0 Å². The van der Waals surface area contributed by atoms with E-state index in [9.17, 15) is 9.59 Å². The Morgan fingerprint density at radius 2 is 1.83 bits per heavy atom. The molecule has 1 N–H and O–H groups in total. The van der Waals surface area contributed by atoms with Crippen molar-refractivity contribution < 1.29 is 9.59 Å². The van der Waals surface area contributed by atoms with Crippen molar-refractivity contribution in [2.24, 2.45) is 5.92 Å². The molecule has 2 amide bonds. The van der Waals surface area contributed by atoms with E-state index in [1.54, 1.807) is 4.90 Å². The van der Waals surface area contributed by atoms with Gasteiger partial charge in [0.25, 0.3) is 11.8 Å². The highest BCUT2D eigenvalue weighted by atomic mass is 35.5. The maximum Gasteiger partial charge on any atom is 0.265 e. The summed E-state index contributed by atoms with van der Waals surface area (Å²) in [5.74, 6) is 0.434. The number of benzene rings is 3. The molecule has 1 saturated carbocycles. The minimum Gasteiger partial charge on any atom is -0.349 e. The third kappa shape index (κ3) is 5.53. The highest BCUT2D eigenvalue weighted by Gasteiger charge is 2.29. The second-order valence-corrected chi connectivity index (χ2v) is 11.1. The lowest BCUT2D eigenvalue weighted by atomic mass is 9.86. The number of para-hydroxylation sites is 1. The van der Waals surface area contributed by atoms with Gasteiger partial charge in [0, 0.05) is 21.5 Å². The minimum atomic E-state index is -0.0493. The standard InChI is InChI=1S/C30H29ClN2O2S/c1-20-7-2-3-10-25(20)32-29(34)23-15-13-21(14-16-23)18-28-30(35)33(19-22-8-6-9-24(31)17-22)26-11-4-5-12-27(26)36-28/h4-6,8-9,11-18,20,25H,2-3,7,10,19H2,1H3,(H,32,34)/b28-18+/t20-,25+/m1/s1. The van der Waals surface area contributed by atoms with Crippen LogP contribution in [0.5, 0.6) is 0 Å². The Labute approximate surface area is 221 Å². The molecule has 0 bridgehead atoms. The van der Waals surface area contributed by atoms with Gasteiger partial charge in [-0.2, -0.15) is 0 Å². The average Bonchev–Trinajstić information content (AvgIpc) is 2.88. The molecule has 1 heterocycles. The van der Waals surface area contributed by atoms with Gasteiger partial charge in [-0.05, 0) is 72.4 Å². The summed E-state index contributed by atoms with van der Waals surface area (Å²) in [7, 11) is 0. The first kappa shape index (κ1) is 24.7. The van der Waals surface area contributed by atoms with E-state index in [-0.39, 0.29) is 17.9 Å². The molecular weight excluding hydrogens is 488 g/mol.